The Bertz CT molecular complexity index is 863. The first kappa shape index (κ1) is 18.5. The fraction of sp³-hybridized carbons (Fsp3) is 0.316. The highest BCUT2D eigenvalue weighted by Crippen LogP contribution is 2.36. The predicted molar refractivity (Wildman–Crippen MR) is 99.5 cm³/mol. The van der Waals surface area contributed by atoms with Gasteiger partial charge in [-0.1, -0.05) is 0 Å². The van der Waals surface area contributed by atoms with Gasteiger partial charge in [0.25, 0.3) is 17.4 Å². The van der Waals surface area contributed by atoms with Crippen LogP contribution in [-0.2, 0) is 9.59 Å². The minimum Gasteiger partial charge on any atom is -0.497 e. The van der Waals surface area contributed by atoms with Gasteiger partial charge in [0.05, 0.1) is 14.2 Å². The summed E-state index contributed by atoms with van der Waals surface area (Å²) in [5.41, 5.74) is -1.31. The number of aromatic nitrogens is 1. The molecule has 0 bridgehead atoms. The van der Waals surface area contributed by atoms with E-state index >= 15 is 0 Å². The highest BCUT2D eigenvalue weighted by atomic mass is 16.5. The molecule has 1 N–H and O–H groups in total. The second-order valence-corrected chi connectivity index (χ2v) is 6.07. The van der Waals surface area contributed by atoms with E-state index in [4.69, 9.17) is 14.2 Å². The zero-order valence-electron chi connectivity index (χ0n) is 15.6. The SMILES string of the molecule is CCN1C(=O)[C@@](C)(C(=O)Nc2cc(OC)cc(OC)c2)Oc2cccnc21. The molecule has 0 fully saturated rings. The van der Waals surface area contributed by atoms with Crippen LogP contribution in [-0.4, -0.2) is 43.2 Å². The normalized spacial score (nSPS) is 18.4. The van der Waals surface area contributed by atoms with Crippen LogP contribution in [0.1, 0.15) is 13.8 Å². The quantitative estimate of drug-likeness (QED) is 0.811. The molecule has 0 saturated heterocycles. The Balaban J connectivity index is 1.93. The number of hydrogen-bond donors (Lipinski definition) is 1. The molecule has 1 atom stereocenters. The van der Waals surface area contributed by atoms with Crippen molar-refractivity contribution in [3.05, 3.63) is 36.5 Å². The van der Waals surface area contributed by atoms with Gasteiger partial charge < -0.3 is 19.5 Å². The Morgan fingerprint density at radius 1 is 1.26 bits per heavy atom. The summed E-state index contributed by atoms with van der Waals surface area (Å²) in [5, 5.41) is 2.72. The lowest BCUT2D eigenvalue weighted by Crippen LogP contribution is -2.60. The number of rotatable bonds is 5. The minimum atomic E-state index is -1.73. The van der Waals surface area contributed by atoms with E-state index < -0.39 is 17.4 Å². The molecule has 1 aliphatic heterocycles. The Morgan fingerprint density at radius 2 is 1.93 bits per heavy atom. The maximum absolute atomic E-state index is 13.0. The van der Waals surface area contributed by atoms with Crippen LogP contribution in [0, 0.1) is 0 Å². The van der Waals surface area contributed by atoms with Gasteiger partial charge in [0.2, 0.25) is 0 Å². The molecule has 142 valence electrons. The largest absolute Gasteiger partial charge is 0.497 e. The Morgan fingerprint density at radius 3 is 2.52 bits per heavy atom. The van der Waals surface area contributed by atoms with E-state index in [0.29, 0.717) is 35.3 Å². The molecular weight excluding hydrogens is 350 g/mol. The number of nitrogens with one attached hydrogen (secondary N) is 1. The van der Waals surface area contributed by atoms with Crippen LogP contribution in [0.15, 0.2) is 36.5 Å². The summed E-state index contributed by atoms with van der Waals surface area (Å²) in [6, 6.07) is 8.31. The highest BCUT2D eigenvalue weighted by Gasteiger charge is 2.50. The second-order valence-electron chi connectivity index (χ2n) is 6.07. The van der Waals surface area contributed by atoms with E-state index in [1.165, 1.54) is 26.0 Å². The molecule has 1 aliphatic rings. The van der Waals surface area contributed by atoms with E-state index in [1.807, 2.05) is 6.92 Å². The molecule has 2 amide bonds. The zero-order chi connectivity index (χ0) is 19.6. The van der Waals surface area contributed by atoms with Crippen LogP contribution in [0.5, 0.6) is 17.2 Å². The van der Waals surface area contributed by atoms with Gasteiger partial charge in [-0.2, -0.15) is 0 Å². The molecule has 0 unspecified atom stereocenters. The lowest BCUT2D eigenvalue weighted by molar-refractivity contribution is -0.145. The summed E-state index contributed by atoms with van der Waals surface area (Å²) in [7, 11) is 3.02. The van der Waals surface area contributed by atoms with E-state index in [1.54, 1.807) is 36.5 Å². The summed E-state index contributed by atoms with van der Waals surface area (Å²) < 4.78 is 16.2. The van der Waals surface area contributed by atoms with Crippen molar-refractivity contribution >= 4 is 23.3 Å². The number of carbonyl (C=O) groups is 2. The number of amides is 2. The van der Waals surface area contributed by atoms with Crippen molar-refractivity contribution in [3.63, 3.8) is 0 Å². The van der Waals surface area contributed by atoms with Crippen molar-refractivity contribution in [2.24, 2.45) is 0 Å². The van der Waals surface area contributed by atoms with Gasteiger partial charge in [-0.05, 0) is 26.0 Å². The molecule has 0 aliphatic carbocycles. The van der Waals surface area contributed by atoms with Gasteiger partial charge in [-0.3, -0.25) is 14.5 Å². The average Bonchev–Trinajstić information content (AvgIpc) is 2.68. The van der Waals surface area contributed by atoms with Crippen LogP contribution < -0.4 is 24.4 Å². The molecule has 2 heterocycles. The van der Waals surface area contributed by atoms with Crippen molar-refractivity contribution in [2.75, 3.05) is 31.0 Å². The topological polar surface area (TPSA) is 90.0 Å². The molecule has 2 aromatic rings. The van der Waals surface area contributed by atoms with Crippen LogP contribution in [0.25, 0.3) is 0 Å². The van der Waals surface area contributed by atoms with Gasteiger partial charge in [-0.25, -0.2) is 4.98 Å². The fourth-order valence-corrected chi connectivity index (χ4v) is 2.85. The number of likely N-dealkylation sites (N-methyl/N-ethyl adjacent to an activating group) is 1. The van der Waals surface area contributed by atoms with E-state index in [-0.39, 0.29) is 0 Å². The fourth-order valence-electron chi connectivity index (χ4n) is 2.85. The van der Waals surface area contributed by atoms with Crippen molar-refractivity contribution in [1.29, 1.82) is 0 Å². The number of methoxy groups -OCH3 is 2. The van der Waals surface area contributed by atoms with E-state index in [0.717, 1.165) is 0 Å². The van der Waals surface area contributed by atoms with Crippen molar-refractivity contribution in [3.8, 4) is 17.2 Å². The maximum Gasteiger partial charge on any atom is 0.282 e. The van der Waals surface area contributed by atoms with Crippen LogP contribution in [0.3, 0.4) is 0 Å². The molecule has 0 radical (unpaired) electrons. The molecule has 27 heavy (non-hydrogen) atoms. The lowest BCUT2D eigenvalue weighted by atomic mass is 10.0. The molecular formula is C19H21N3O5. The van der Waals surface area contributed by atoms with Gasteiger partial charge in [0.15, 0.2) is 11.6 Å². The number of hydrogen-bond acceptors (Lipinski definition) is 6. The number of fused-ring (bicyclic) bond motifs is 1. The average molecular weight is 371 g/mol. The molecule has 8 nitrogen and oxygen atoms in total. The predicted octanol–water partition coefficient (Wildman–Crippen LogP) is 2.24. The van der Waals surface area contributed by atoms with Crippen molar-refractivity contribution < 1.29 is 23.8 Å². The van der Waals surface area contributed by atoms with Gasteiger partial charge in [0.1, 0.15) is 11.5 Å². The zero-order valence-corrected chi connectivity index (χ0v) is 15.6. The summed E-state index contributed by atoms with van der Waals surface area (Å²) >= 11 is 0. The smallest absolute Gasteiger partial charge is 0.282 e. The van der Waals surface area contributed by atoms with Crippen LogP contribution in [0.2, 0.25) is 0 Å². The molecule has 8 heteroatoms. The summed E-state index contributed by atoms with van der Waals surface area (Å²) in [4.78, 5) is 31.6. The third-order valence-corrected chi connectivity index (χ3v) is 4.33. The summed E-state index contributed by atoms with van der Waals surface area (Å²) in [6.45, 7) is 3.62. The van der Waals surface area contributed by atoms with Gasteiger partial charge in [0, 0.05) is 36.6 Å². The first-order valence-corrected chi connectivity index (χ1v) is 8.43. The third-order valence-electron chi connectivity index (χ3n) is 4.33. The van der Waals surface area contributed by atoms with E-state index in [2.05, 4.69) is 10.3 Å². The Kier molecular flexibility index (Phi) is 4.89. The number of ether oxygens (including phenoxy) is 3. The molecule has 0 saturated carbocycles. The maximum atomic E-state index is 13.0. The minimum absolute atomic E-state index is 0.363. The molecule has 0 spiro atoms. The van der Waals surface area contributed by atoms with Gasteiger partial charge in [-0.15, -0.1) is 0 Å². The van der Waals surface area contributed by atoms with Gasteiger partial charge >= 0.3 is 0 Å². The Hall–Kier alpha value is -3.29. The standard InChI is InChI=1S/C19H21N3O5/c1-5-22-16-15(7-6-8-20-16)27-19(2,18(22)24)17(23)21-12-9-13(25-3)11-14(10-12)26-4/h6-11H,5H2,1-4H3,(H,21,23)/t19-/m1/s1. The molecule has 3 rings (SSSR count). The second kappa shape index (κ2) is 7.14. The first-order chi connectivity index (χ1) is 12.9. The third kappa shape index (κ3) is 3.25. The summed E-state index contributed by atoms with van der Waals surface area (Å²) in [5.74, 6) is 0.711. The molecule has 1 aromatic carbocycles. The number of carbonyl (C=O) groups excluding carboxylic acids is 2. The summed E-state index contributed by atoms with van der Waals surface area (Å²) in [6.07, 6.45) is 1.57. The monoisotopic (exact) mass is 371 g/mol. The number of anilines is 2. The first-order valence-electron chi connectivity index (χ1n) is 8.43. The van der Waals surface area contributed by atoms with E-state index in [9.17, 15) is 9.59 Å². The molecule has 1 aromatic heterocycles. The van der Waals surface area contributed by atoms with Crippen molar-refractivity contribution in [2.45, 2.75) is 19.4 Å². The number of nitrogens with zero attached hydrogens (tertiary/aromatic N) is 2. The van der Waals surface area contributed by atoms with Crippen LogP contribution in [0.4, 0.5) is 11.5 Å². The Labute approximate surface area is 157 Å². The number of benzene rings is 1. The van der Waals surface area contributed by atoms with Crippen LogP contribution >= 0.6 is 0 Å². The highest BCUT2D eigenvalue weighted by molar-refractivity contribution is 6.19. The van der Waals surface area contributed by atoms with Crippen molar-refractivity contribution in [1.82, 2.24) is 4.98 Å². The number of pyridine rings is 1. The lowest BCUT2D eigenvalue weighted by Gasteiger charge is -2.38.